The molecule has 0 saturated carbocycles. The van der Waals surface area contributed by atoms with Crippen LogP contribution in [0.15, 0.2) is 174 Å². The molecule has 12 rings (SSSR count). The van der Waals surface area contributed by atoms with Crippen LogP contribution >= 0.6 is 0 Å². The minimum absolute atomic E-state index is 0.200. The molecule has 0 atom stereocenters. The van der Waals surface area contributed by atoms with Gasteiger partial charge in [-0.2, -0.15) is 0 Å². The SMILES string of the molecule is CC1(C)c2ccccc2-c2c1cc(N(c1ccccc1)c1ccc3c4c(n(-c5ccccc5)c3c1)-c1c(ccc3ccccc13)C4(C)C)c1oc3ccccc3c21. The maximum atomic E-state index is 7.01. The van der Waals surface area contributed by atoms with E-state index in [1.807, 2.05) is 0 Å². The molecule has 57 heavy (non-hydrogen) atoms. The lowest BCUT2D eigenvalue weighted by Gasteiger charge is -2.29. The standard InChI is InChI=1S/C54H40N2O/c1-53(2)41-25-15-13-23-38(41)47-43(53)32-45(52-49(47)40-24-14-16-26-46(40)57-52)55(34-18-7-5-8-19-34)36-28-29-39-44(31-36)56(35-20-9-6-10-21-35)51-48-37-22-12-11-17-33(37)27-30-42(48)54(3,4)50(39)51/h5-32H,1-4H3. The van der Waals surface area contributed by atoms with Gasteiger partial charge in [-0.3, -0.25) is 0 Å². The Morgan fingerprint density at radius 2 is 1.21 bits per heavy atom. The quantitative estimate of drug-likeness (QED) is 0.180. The zero-order chi connectivity index (χ0) is 38.2. The van der Waals surface area contributed by atoms with Gasteiger partial charge < -0.3 is 13.9 Å². The molecule has 3 nitrogen and oxygen atoms in total. The predicted octanol–water partition coefficient (Wildman–Crippen LogP) is 14.8. The molecular formula is C54H40N2O. The molecule has 8 aromatic carbocycles. The molecule has 0 radical (unpaired) electrons. The maximum absolute atomic E-state index is 7.01. The molecule has 2 aliphatic carbocycles. The van der Waals surface area contributed by atoms with Gasteiger partial charge in [-0.25, -0.2) is 0 Å². The Bertz CT molecular complexity index is 3290. The van der Waals surface area contributed by atoms with Crippen LogP contribution in [0.5, 0.6) is 0 Å². The number of aromatic nitrogens is 1. The van der Waals surface area contributed by atoms with E-state index in [-0.39, 0.29) is 10.8 Å². The largest absolute Gasteiger partial charge is 0.454 e. The average Bonchev–Trinajstić information content (AvgIpc) is 3.93. The molecule has 2 aliphatic rings. The highest BCUT2D eigenvalue weighted by Crippen LogP contribution is 2.58. The summed E-state index contributed by atoms with van der Waals surface area (Å²) in [5.41, 5.74) is 17.5. The first-order valence-corrected chi connectivity index (χ1v) is 20.0. The zero-order valence-electron chi connectivity index (χ0n) is 32.5. The number of para-hydroxylation sites is 3. The predicted molar refractivity (Wildman–Crippen MR) is 238 cm³/mol. The summed E-state index contributed by atoms with van der Waals surface area (Å²) in [5.74, 6) is 0. The highest BCUT2D eigenvalue weighted by atomic mass is 16.3. The molecule has 0 amide bonds. The summed E-state index contributed by atoms with van der Waals surface area (Å²) in [4.78, 5) is 2.42. The van der Waals surface area contributed by atoms with Gasteiger partial charge in [0.1, 0.15) is 5.58 Å². The molecule has 0 aliphatic heterocycles. The normalized spacial score (nSPS) is 14.6. The zero-order valence-corrected chi connectivity index (χ0v) is 32.5. The van der Waals surface area contributed by atoms with Crippen molar-refractivity contribution in [3.8, 4) is 28.1 Å². The van der Waals surface area contributed by atoms with Gasteiger partial charge in [0.2, 0.25) is 0 Å². The van der Waals surface area contributed by atoms with Gasteiger partial charge in [-0.05, 0) is 92.7 Å². The van der Waals surface area contributed by atoms with Crippen LogP contribution in [0.3, 0.4) is 0 Å². The molecule has 0 fully saturated rings. The summed E-state index contributed by atoms with van der Waals surface area (Å²) in [6.07, 6.45) is 0. The Morgan fingerprint density at radius 3 is 2.04 bits per heavy atom. The van der Waals surface area contributed by atoms with Crippen molar-refractivity contribution in [1.29, 1.82) is 0 Å². The monoisotopic (exact) mass is 732 g/mol. The molecule has 3 heteroatoms. The van der Waals surface area contributed by atoms with E-state index in [2.05, 4.69) is 207 Å². The Labute approximate surface area is 332 Å². The van der Waals surface area contributed by atoms with Crippen molar-refractivity contribution in [2.24, 2.45) is 0 Å². The third-order valence-electron chi connectivity index (χ3n) is 13.1. The summed E-state index contributed by atoms with van der Waals surface area (Å²) in [7, 11) is 0. The summed E-state index contributed by atoms with van der Waals surface area (Å²) < 4.78 is 9.53. The number of rotatable bonds is 4. The Kier molecular flexibility index (Phi) is 6.46. The molecule has 0 bridgehead atoms. The maximum Gasteiger partial charge on any atom is 0.160 e. The van der Waals surface area contributed by atoms with Crippen LogP contribution in [0.2, 0.25) is 0 Å². The van der Waals surface area contributed by atoms with Gasteiger partial charge in [0, 0.05) is 49.6 Å². The number of hydrogen-bond acceptors (Lipinski definition) is 2. The smallest absolute Gasteiger partial charge is 0.160 e. The number of benzene rings is 8. The highest BCUT2D eigenvalue weighted by molar-refractivity contribution is 6.19. The first kappa shape index (κ1) is 32.4. The van der Waals surface area contributed by atoms with E-state index < -0.39 is 0 Å². The van der Waals surface area contributed by atoms with Crippen LogP contribution < -0.4 is 4.90 Å². The summed E-state index contributed by atoms with van der Waals surface area (Å²) in [6, 6.07) is 62.2. The van der Waals surface area contributed by atoms with Crippen LogP contribution in [-0.2, 0) is 10.8 Å². The second-order valence-electron chi connectivity index (χ2n) is 16.9. The van der Waals surface area contributed by atoms with E-state index >= 15 is 0 Å². The molecule has 10 aromatic rings. The van der Waals surface area contributed by atoms with Crippen molar-refractivity contribution >= 4 is 60.7 Å². The first-order valence-electron chi connectivity index (χ1n) is 20.0. The number of furan rings is 1. The molecular weight excluding hydrogens is 693 g/mol. The van der Waals surface area contributed by atoms with Crippen molar-refractivity contribution in [3.63, 3.8) is 0 Å². The van der Waals surface area contributed by atoms with Crippen LogP contribution in [0.25, 0.3) is 71.7 Å². The molecule has 2 aromatic heterocycles. The van der Waals surface area contributed by atoms with Gasteiger partial charge in [-0.1, -0.05) is 149 Å². The van der Waals surface area contributed by atoms with Crippen LogP contribution in [-0.4, -0.2) is 4.57 Å². The Hall–Kier alpha value is -6.84. The van der Waals surface area contributed by atoms with E-state index in [0.29, 0.717) is 0 Å². The van der Waals surface area contributed by atoms with Gasteiger partial charge >= 0.3 is 0 Å². The third-order valence-corrected chi connectivity index (χ3v) is 13.1. The first-order chi connectivity index (χ1) is 27.8. The topological polar surface area (TPSA) is 21.3 Å². The van der Waals surface area contributed by atoms with Crippen LogP contribution in [0, 0.1) is 0 Å². The molecule has 272 valence electrons. The van der Waals surface area contributed by atoms with E-state index in [9.17, 15) is 0 Å². The van der Waals surface area contributed by atoms with Crippen molar-refractivity contribution < 1.29 is 4.42 Å². The van der Waals surface area contributed by atoms with Gasteiger partial charge in [0.25, 0.3) is 0 Å². The van der Waals surface area contributed by atoms with E-state index in [0.717, 1.165) is 39.3 Å². The van der Waals surface area contributed by atoms with Crippen LogP contribution in [0.1, 0.15) is 49.9 Å². The molecule has 2 heterocycles. The minimum atomic E-state index is -0.204. The van der Waals surface area contributed by atoms with Gasteiger partial charge in [-0.15, -0.1) is 0 Å². The number of hydrogen-bond donors (Lipinski definition) is 0. The van der Waals surface area contributed by atoms with E-state index in [4.69, 9.17) is 4.42 Å². The minimum Gasteiger partial charge on any atom is -0.454 e. The molecule has 0 spiro atoms. The molecule has 0 saturated heterocycles. The molecule has 0 N–H and O–H groups in total. The number of nitrogens with zero attached hydrogens (tertiary/aromatic N) is 2. The lowest BCUT2D eigenvalue weighted by Crippen LogP contribution is -2.17. The second-order valence-corrected chi connectivity index (χ2v) is 16.9. The number of anilines is 3. The fraction of sp³-hybridized carbons (Fsp3) is 0.111. The summed E-state index contributed by atoms with van der Waals surface area (Å²) >= 11 is 0. The third kappa shape index (κ3) is 4.26. The van der Waals surface area contributed by atoms with Crippen molar-refractivity contribution in [3.05, 3.63) is 192 Å². The van der Waals surface area contributed by atoms with Crippen molar-refractivity contribution in [2.45, 2.75) is 38.5 Å². The lowest BCUT2D eigenvalue weighted by atomic mass is 9.81. The second kappa shape index (κ2) is 11.4. The highest BCUT2D eigenvalue weighted by Gasteiger charge is 2.42. The summed E-state index contributed by atoms with van der Waals surface area (Å²) in [6.45, 7) is 9.53. The van der Waals surface area contributed by atoms with Crippen molar-refractivity contribution in [1.82, 2.24) is 4.57 Å². The lowest BCUT2D eigenvalue weighted by molar-refractivity contribution is 0.657. The summed E-state index contributed by atoms with van der Waals surface area (Å²) in [5, 5.41) is 6.15. The van der Waals surface area contributed by atoms with Crippen LogP contribution in [0.4, 0.5) is 17.1 Å². The fourth-order valence-electron chi connectivity index (χ4n) is 10.5. The fourth-order valence-corrected chi connectivity index (χ4v) is 10.5. The van der Waals surface area contributed by atoms with Crippen molar-refractivity contribution in [2.75, 3.05) is 4.90 Å². The van der Waals surface area contributed by atoms with Gasteiger partial charge in [0.15, 0.2) is 5.58 Å². The Morgan fingerprint density at radius 1 is 0.509 bits per heavy atom. The van der Waals surface area contributed by atoms with Gasteiger partial charge in [0.05, 0.1) is 16.9 Å². The molecule has 0 unspecified atom stereocenters. The van der Waals surface area contributed by atoms with E-state index in [1.54, 1.807) is 0 Å². The van der Waals surface area contributed by atoms with E-state index in [1.165, 1.54) is 71.7 Å². The number of fused-ring (bicyclic) bond motifs is 14. The average molecular weight is 733 g/mol. The Balaban J connectivity index is 1.19.